The fourth-order valence-corrected chi connectivity index (χ4v) is 2.62. The van der Waals surface area contributed by atoms with Crippen LogP contribution in [0, 0.1) is 18.8 Å². The first kappa shape index (κ1) is 19.2. The van der Waals surface area contributed by atoms with E-state index in [0.29, 0.717) is 12.0 Å². The van der Waals surface area contributed by atoms with Crippen molar-refractivity contribution in [1.29, 1.82) is 0 Å². The number of amides is 1. The average Bonchev–Trinajstić information content (AvgIpc) is 2.91. The Bertz CT molecular complexity index is 783. The van der Waals surface area contributed by atoms with Crippen LogP contribution in [0.15, 0.2) is 40.8 Å². The summed E-state index contributed by atoms with van der Waals surface area (Å²) in [7, 11) is 0. The number of allylic oxidation sites excluding steroid dienone is 5. The quantitative estimate of drug-likeness (QED) is 0.817. The number of aryl methyl sites for hydroxylation is 1. The average molecular weight is 356 g/mol. The van der Waals surface area contributed by atoms with Gasteiger partial charge in [-0.15, -0.1) is 11.3 Å². The van der Waals surface area contributed by atoms with Gasteiger partial charge in [0.15, 0.2) is 0 Å². The summed E-state index contributed by atoms with van der Waals surface area (Å²) in [5.41, 5.74) is 1.32. The minimum atomic E-state index is -0.962. The molecule has 1 atom stereocenters. The molecule has 1 aliphatic rings. The highest BCUT2D eigenvalue weighted by Gasteiger charge is 2.24. The predicted octanol–water partition coefficient (Wildman–Crippen LogP) is 3.28. The van der Waals surface area contributed by atoms with Crippen LogP contribution in [0.3, 0.4) is 0 Å². The van der Waals surface area contributed by atoms with E-state index in [0.717, 1.165) is 22.7 Å². The summed E-state index contributed by atoms with van der Waals surface area (Å²) in [6.45, 7) is 7.11. The summed E-state index contributed by atoms with van der Waals surface area (Å²) in [5.74, 6) is 5.99. The van der Waals surface area contributed by atoms with Gasteiger partial charge in [0.1, 0.15) is 5.69 Å². The van der Waals surface area contributed by atoms with Crippen LogP contribution in [0.4, 0.5) is 0 Å². The summed E-state index contributed by atoms with van der Waals surface area (Å²) in [5, 5.41) is 15.8. The number of nitrogens with one attached hydrogen (secondary N) is 1. The van der Waals surface area contributed by atoms with Crippen LogP contribution in [0.5, 0.6) is 0 Å². The highest BCUT2D eigenvalue weighted by molar-refractivity contribution is 7.09. The zero-order valence-electron chi connectivity index (χ0n) is 15.1. The second-order valence-electron chi connectivity index (χ2n) is 6.61. The molecule has 25 heavy (non-hydrogen) atoms. The van der Waals surface area contributed by atoms with Crippen molar-refractivity contribution in [2.24, 2.45) is 0 Å². The summed E-state index contributed by atoms with van der Waals surface area (Å²) < 4.78 is 0. The van der Waals surface area contributed by atoms with Gasteiger partial charge in [0.05, 0.1) is 16.7 Å². The van der Waals surface area contributed by atoms with Crippen LogP contribution in [0.2, 0.25) is 0 Å². The Balaban J connectivity index is 2.14. The number of rotatable bonds is 3. The van der Waals surface area contributed by atoms with Crippen LogP contribution in [0.1, 0.15) is 44.3 Å². The zero-order chi connectivity index (χ0) is 18.4. The summed E-state index contributed by atoms with van der Waals surface area (Å²) in [4.78, 5) is 16.7. The number of thiazole rings is 1. The van der Waals surface area contributed by atoms with Crippen molar-refractivity contribution in [2.45, 2.75) is 52.2 Å². The fourth-order valence-electron chi connectivity index (χ4n) is 2.07. The Morgan fingerprint density at radius 1 is 1.40 bits per heavy atom. The highest BCUT2D eigenvalue weighted by Crippen LogP contribution is 2.15. The number of carbonyl (C=O) groups excluding carboxylic acids is 1. The molecular weight excluding hydrogens is 332 g/mol. The third kappa shape index (κ3) is 6.00. The summed E-state index contributed by atoms with van der Waals surface area (Å²) >= 11 is 1.57. The molecule has 0 aromatic carbocycles. The molecule has 1 amide bonds. The van der Waals surface area contributed by atoms with Crippen LogP contribution in [-0.2, 0) is 4.79 Å². The normalized spacial score (nSPS) is 15.9. The number of hydrogen-bond donors (Lipinski definition) is 2. The Hall–Kier alpha value is -2.16. The smallest absolute Gasteiger partial charge is 0.247 e. The molecule has 4 nitrogen and oxygen atoms in total. The second-order valence-corrected chi connectivity index (χ2v) is 7.67. The van der Waals surface area contributed by atoms with Gasteiger partial charge < -0.3 is 10.4 Å². The summed E-state index contributed by atoms with van der Waals surface area (Å²) in [6, 6.07) is -0.335. The van der Waals surface area contributed by atoms with E-state index >= 15 is 0 Å². The van der Waals surface area contributed by atoms with Gasteiger partial charge >= 0.3 is 0 Å². The lowest BCUT2D eigenvalue weighted by Gasteiger charge is -2.27. The molecule has 0 aliphatic heterocycles. The second kappa shape index (κ2) is 8.28. The molecule has 0 spiro atoms. The van der Waals surface area contributed by atoms with Crippen molar-refractivity contribution in [3.8, 4) is 11.8 Å². The van der Waals surface area contributed by atoms with Gasteiger partial charge in [-0.25, -0.2) is 4.98 Å². The number of carbonyl (C=O) groups is 1. The molecule has 1 aromatic heterocycles. The van der Waals surface area contributed by atoms with Crippen molar-refractivity contribution in [2.75, 3.05) is 0 Å². The molecular formula is C20H24N2O2S. The molecule has 5 heteroatoms. The first-order valence-corrected chi connectivity index (χ1v) is 9.18. The summed E-state index contributed by atoms with van der Waals surface area (Å²) in [6.07, 6.45) is 9.08. The van der Waals surface area contributed by atoms with E-state index < -0.39 is 5.60 Å². The predicted molar refractivity (Wildman–Crippen MR) is 102 cm³/mol. The third-order valence-corrected chi connectivity index (χ3v) is 4.77. The van der Waals surface area contributed by atoms with Gasteiger partial charge in [0.25, 0.3) is 0 Å². The standard InChI is InChI=1S/C20H24N2O2S/c1-14(20(3,4)24)21-19(23)17-8-6-5-7-16(9-11-17)10-12-18-13-25-15(2)22-18/h5,7,9,11,13-14,24H,6,8H2,1-4H3,(H,21,23). The van der Waals surface area contributed by atoms with Crippen LogP contribution >= 0.6 is 11.3 Å². The van der Waals surface area contributed by atoms with Crippen molar-refractivity contribution >= 4 is 17.2 Å². The van der Waals surface area contributed by atoms with Crippen molar-refractivity contribution in [3.05, 3.63) is 51.5 Å². The minimum Gasteiger partial charge on any atom is -0.388 e. The Kier molecular flexibility index (Phi) is 6.35. The fraction of sp³-hybridized carbons (Fsp3) is 0.400. The molecule has 0 radical (unpaired) electrons. The van der Waals surface area contributed by atoms with Crippen LogP contribution in [-0.4, -0.2) is 27.6 Å². The monoisotopic (exact) mass is 356 g/mol. The Morgan fingerprint density at radius 2 is 2.16 bits per heavy atom. The van der Waals surface area contributed by atoms with Gasteiger partial charge in [0.2, 0.25) is 5.91 Å². The lowest BCUT2D eigenvalue weighted by Crippen LogP contribution is -2.47. The van der Waals surface area contributed by atoms with Crippen LogP contribution in [0.25, 0.3) is 0 Å². The first-order chi connectivity index (χ1) is 11.8. The van der Waals surface area contributed by atoms with Gasteiger partial charge in [-0.05, 0) is 52.5 Å². The molecule has 1 unspecified atom stereocenters. The molecule has 1 aliphatic carbocycles. The SMILES string of the molecule is Cc1nc(C#CC2=CC=C(C(=O)NC(C)C(C)(C)O)CCC=C2)cs1. The number of aromatic nitrogens is 1. The van der Waals surface area contributed by atoms with E-state index in [-0.39, 0.29) is 11.9 Å². The molecule has 2 N–H and O–H groups in total. The zero-order valence-corrected chi connectivity index (χ0v) is 15.9. The van der Waals surface area contributed by atoms with Gasteiger partial charge in [-0.3, -0.25) is 4.79 Å². The first-order valence-electron chi connectivity index (χ1n) is 8.30. The molecule has 0 fully saturated rings. The van der Waals surface area contributed by atoms with E-state index in [1.54, 1.807) is 32.1 Å². The maximum atomic E-state index is 12.4. The number of hydrogen-bond acceptors (Lipinski definition) is 4. The number of aliphatic hydroxyl groups is 1. The van der Waals surface area contributed by atoms with E-state index in [4.69, 9.17) is 0 Å². The van der Waals surface area contributed by atoms with E-state index in [1.165, 1.54) is 0 Å². The van der Waals surface area contributed by atoms with E-state index in [1.807, 2.05) is 36.6 Å². The molecule has 1 heterocycles. The lowest BCUT2D eigenvalue weighted by atomic mass is 9.99. The molecule has 0 bridgehead atoms. The topological polar surface area (TPSA) is 62.2 Å². The van der Waals surface area contributed by atoms with Crippen molar-refractivity contribution in [3.63, 3.8) is 0 Å². The Labute approximate surface area is 153 Å². The van der Waals surface area contributed by atoms with Gasteiger partial charge in [0, 0.05) is 16.5 Å². The largest absolute Gasteiger partial charge is 0.388 e. The van der Waals surface area contributed by atoms with E-state index in [2.05, 4.69) is 22.1 Å². The van der Waals surface area contributed by atoms with Crippen molar-refractivity contribution in [1.82, 2.24) is 10.3 Å². The van der Waals surface area contributed by atoms with Gasteiger partial charge in [-0.1, -0.05) is 24.1 Å². The van der Waals surface area contributed by atoms with Crippen molar-refractivity contribution < 1.29 is 9.90 Å². The van der Waals surface area contributed by atoms with Gasteiger partial charge in [-0.2, -0.15) is 0 Å². The molecule has 0 saturated carbocycles. The maximum Gasteiger partial charge on any atom is 0.247 e. The molecule has 132 valence electrons. The molecule has 1 aromatic rings. The molecule has 0 saturated heterocycles. The maximum absolute atomic E-state index is 12.4. The Morgan fingerprint density at radius 3 is 2.80 bits per heavy atom. The van der Waals surface area contributed by atoms with Crippen LogP contribution < -0.4 is 5.32 Å². The lowest BCUT2D eigenvalue weighted by molar-refractivity contribution is -0.119. The minimum absolute atomic E-state index is 0.149. The van der Waals surface area contributed by atoms with E-state index in [9.17, 15) is 9.90 Å². The highest BCUT2D eigenvalue weighted by atomic mass is 32.1. The number of nitrogens with zero attached hydrogens (tertiary/aromatic N) is 1. The third-order valence-electron chi connectivity index (χ3n) is 3.99. The molecule has 2 rings (SSSR count).